The van der Waals surface area contributed by atoms with Crippen molar-refractivity contribution in [2.75, 3.05) is 33.3 Å². The van der Waals surface area contributed by atoms with Gasteiger partial charge >= 0.3 is 0 Å². The molecule has 206 valence electrons. The first-order chi connectivity index (χ1) is 18.2. The van der Waals surface area contributed by atoms with E-state index in [1.54, 1.807) is 45.7 Å². The molecule has 4 rings (SSSR count). The molecule has 1 N–H and O–H groups in total. The lowest BCUT2D eigenvalue weighted by Gasteiger charge is -2.39. The van der Waals surface area contributed by atoms with Crippen LogP contribution in [0.5, 0.6) is 0 Å². The van der Waals surface area contributed by atoms with Gasteiger partial charge < -0.3 is 19.8 Å². The number of rotatable bonds is 12. The molecular weight excluding hydrogens is 498 g/mol. The third kappa shape index (κ3) is 4.49. The van der Waals surface area contributed by atoms with Gasteiger partial charge in [0, 0.05) is 31.4 Å². The van der Waals surface area contributed by atoms with Crippen LogP contribution in [0.15, 0.2) is 55.6 Å². The minimum atomic E-state index is -0.775. The summed E-state index contributed by atoms with van der Waals surface area (Å²) in [5.74, 6) is -1.58. The van der Waals surface area contributed by atoms with Gasteiger partial charge in [-0.3, -0.25) is 14.4 Å². The van der Waals surface area contributed by atoms with Crippen molar-refractivity contribution in [1.82, 2.24) is 14.7 Å². The summed E-state index contributed by atoms with van der Waals surface area (Å²) in [7, 11) is 1.74. The largest absolute Gasteiger partial charge is 0.394 e. The number of unbranched alkanes of at least 4 members (excludes halogenated alkanes) is 1. The molecular formula is C30H41N3O4S. The first-order valence-electron chi connectivity index (χ1n) is 13.6. The van der Waals surface area contributed by atoms with Gasteiger partial charge in [-0.05, 0) is 31.7 Å². The lowest BCUT2D eigenvalue weighted by molar-refractivity contribution is -0.147. The Morgan fingerprint density at radius 3 is 2.47 bits per heavy atom. The number of carbonyl (C=O) groups excluding carboxylic acids is 3. The molecule has 3 heterocycles. The Morgan fingerprint density at radius 1 is 1.18 bits per heavy atom. The Balaban J connectivity index is 1.85. The van der Waals surface area contributed by atoms with Crippen LogP contribution in [0, 0.1) is 11.8 Å². The van der Waals surface area contributed by atoms with Gasteiger partial charge in [-0.2, -0.15) is 0 Å². The van der Waals surface area contributed by atoms with Crippen LogP contribution in [0.2, 0.25) is 0 Å². The molecule has 3 amide bonds. The van der Waals surface area contributed by atoms with Gasteiger partial charge in [0.15, 0.2) is 0 Å². The van der Waals surface area contributed by atoms with Crippen LogP contribution in [0.25, 0.3) is 0 Å². The molecule has 7 nitrogen and oxygen atoms in total. The number of likely N-dealkylation sites (tertiary alicyclic amines) is 1. The number of likely N-dealkylation sites (N-methyl/N-ethyl adjacent to an activating group) is 1. The summed E-state index contributed by atoms with van der Waals surface area (Å²) in [6.07, 6.45) is 6.62. The number of aliphatic hydroxyl groups is 1. The summed E-state index contributed by atoms with van der Waals surface area (Å²) in [4.78, 5) is 47.9. The van der Waals surface area contributed by atoms with Gasteiger partial charge in [0.25, 0.3) is 0 Å². The standard InChI is InChI=1S/C30H41N3O4S/c1-6-9-19-32(18-8-3)28(37)25-30-16-15-29(4,38-30)23(26(35)31(5)17-7-2)24(30)27(36)33(25)22(20-34)21-13-11-10-12-14-21/h7-8,10-14,22-25,34H,2-3,6,9,15-20H2,1,4-5H3/t22-,23-,24+,25?,29+,30?/m1/s1. The van der Waals surface area contributed by atoms with Gasteiger partial charge in [-0.1, -0.05) is 55.8 Å². The van der Waals surface area contributed by atoms with Crippen molar-refractivity contribution in [3.8, 4) is 0 Å². The maximum absolute atomic E-state index is 14.5. The third-order valence-corrected chi connectivity index (χ3v) is 10.6. The second-order valence-electron chi connectivity index (χ2n) is 11.0. The molecule has 3 aliphatic heterocycles. The summed E-state index contributed by atoms with van der Waals surface area (Å²) in [5.41, 5.74) is 0.777. The van der Waals surface area contributed by atoms with E-state index in [9.17, 15) is 19.5 Å². The fraction of sp³-hybridized carbons (Fsp3) is 0.567. The molecule has 6 atom stereocenters. The minimum Gasteiger partial charge on any atom is -0.394 e. The van der Waals surface area contributed by atoms with Crippen molar-refractivity contribution in [2.24, 2.45) is 11.8 Å². The Kier molecular flexibility index (Phi) is 8.43. The van der Waals surface area contributed by atoms with E-state index in [4.69, 9.17) is 0 Å². The zero-order valence-electron chi connectivity index (χ0n) is 22.8. The average Bonchev–Trinajstić information content (AvgIpc) is 3.48. The molecule has 0 radical (unpaired) electrons. The van der Waals surface area contributed by atoms with E-state index in [-0.39, 0.29) is 24.3 Å². The Labute approximate surface area is 230 Å². The molecule has 3 saturated heterocycles. The van der Waals surface area contributed by atoms with E-state index in [0.717, 1.165) is 24.8 Å². The highest BCUT2D eigenvalue weighted by molar-refractivity contribution is 8.02. The van der Waals surface area contributed by atoms with E-state index in [0.29, 0.717) is 26.1 Å². The molecule has 1 spiro atoms. The second kappa shape index (κ2) is 11.3. The predicted molar refractivity (Wildman–Crippen MR) is 151 cm³/mol. The van der Waals surface area contributed by atoms with Crippen LogP contribution in [0.3, 0.4) is 0 Å². The first-order valence-corrected chi connectivity index (χ1v) is 14.5. The number of fused-ring (bicyclic) bond motifs is 1. The van der Waals surface area contributed by atoms with E-state index >= 15 is 0 Å². The maximum Gasteiger partial charge on any atom is 0.247 e. The highest BCUT2D eigenvalue weighted by atomic mass is 32.2. The lowest BCUT2D eigenvalue weighted by Crippen LogP contribution is -2.56. The third-order valence-electron chi connectivity index (χ3n) is 8.63. The van der Waals surface area contributed by atoms with E-state index in [1.807, 2.05) is 30.3 Å². The molecule has 0 aromatic heterocycles. The van der Waals surface area contributed by atoms with E-state index in [1.165, 1.54) is 0 Å². The van der Waals surface area contributed by atoms with Crippen molar-refractivity contribution in [1.29, 1.82) is 0 Å². The molecule has 8 heteroatoms. The van der Waals surface area contributed by atoms with Gasteiger partial charge in [-0.15, -0.1) is 24.9 Å². The predicted octanol–water partition coefficient (Wildman–Crippen LogP) is 3.66. The molecule has 0 aliphatic carbocycles. The highest BCUT2D eigenvalue weighted by Gasteiger charge is 2.78. The lowest BCUT2D eigenvalue weighted by atomic mass is 9.66. The van der Waals surface area contributed by atoms with Crippen LogP contribution in [0.4, 0.5) is 0 Å². The Morgan fingerprint density at radius 2 is 1.87 bits per heavy atom. The maximum atomic E-state index is 14.5. The number of aliphatic hydroxyl groups excluding tert-OH is 1. The Hall–Kier alpha value is -2.58. The number of amides is 3. The number of hydrogen-bond acceptors (Lipinski definition) is 5. The average molecular weight is 540 g/mol. The number of nitrogens with zero attached hydrogens (tertiary/aromatic N) is 3. The highest BCUT2D eigenvalue weighted by Crippen LogP contribution is 2.72. The van der Waals surface area contributed by atoms with Crippen molar-refractivity contribution < 1.29 is 19.5 Å². The zero-order valence-corrected chi connectivity index (χ0v) is 23.7. The van der Waals surface area contributed by atoms with Crippen molar-refractivity contribution in [3.63, 3.8) is 0 Å². The van der Waals surface area contributed by atoms with Gasteiger partial charge in [-0.25, -0.2) is 0 Å². The summed E-state index contributed by atoms with van der Waals surface area (Å²) >= 11 is 1.66. The van der Waals surface area contributed by atoms with Crippen LogP contribution in [-0.4, -0.2) is 86.4 Å². The first kappa shape index (κ1) is 28.4. The number of thioether (sulfide) groups is 1. The fourth-order valence-corrected chi connectivity index (χ4v) is 9.20. The van der Waals surface area contributed by atoms with Gasteiger partial charge in [0.1, 0.15) is 6.04 Å². The van der Waals surface area contributed by atoms with Crippen LogP contribution in [0.1, 0.15) is 51.1 Å². The summed E-state index contributed by atoms with van der Waals surface area (Å²) in [6.45, 7) is 12.8. The van der Waals surface area contributed by atoms with E-state index in [2.05, 4.69) is 27.0 Å². The SMILES string of the molecule is C=CCN(C)C(=O)[C@H]1[C@H]2C(=O)N([C@H](CO)c3ccccc3)C(C(=O)N(CC=C)CCCC)C23CC[C@]1(C)S3. The van der Waals surface area contributed by atoms with Crippen molar-refractivity contribution in [3.05, 3.63) is 61.2 Å². The monoisotopic (exact) mass is 539 g/mol. The Bertz CT molecular complexity index is 1080. The molecule has 1 aromatic rings. The molecule has 2 unspecified atom stereocenters. The van der Waals surface area contributed by atoms with Crippen LogP contribution < -0.4 is 0 Å². The smallest absolute Gasteiger partial charge is 0.247 e. The number of benzene rings is 1. The zero-order chi connectivity index (χ0) is 27.7. The van der Waals surface area contributed by atoms with Crippen LogP contribution in [-0.2, 0) is 14.4 Å². The van der Waals surface area contributed by atoms with Gasteiger partial charge in [0.05, 0.1) is 29.2 Å². The van der Waals surface area contributed by atoms with Crippen molar-refractivity contribution in [2.45, 2.75) is 61.1 Å². The normalized spacial score (nSPS) is 30.2. The molecule has 2 bridgehead atoms. The second-order valence-corrected chi connectivity index (χ2v) is 12.9. The van der Waals surface area contributed by atoms with E-state index < -0.39 is 33.4 Å². The summed E-state index contributed by atoms with van der Waals surface area (Å²) in [5, 5.41) is 10.6. The molecule has 3 aliphatic rings. The number of hydrogen-bond donors (Lipinski definition) is 1. The van der Waals surface area contributed by atoms with Crippen LogP contribution >= 0.6 is 11.8 Å². The quantitative estimate of drug-likeness (QED) is 0.410. The summed E-state index contributed by atoms with van der Waals surface area (Å²) in [6, 6.07) is 7.94. The van der Waals surface area contributed by atoms with Gasteiger partial charge in [0.2, 0.25) is 17.7 Å². The minimum absolute atomic E-state index is 0.0814. The molecule has 1 aromatic carbocycles. The molecule has 0 saturated carbocycles. The number of carbonyl (C=O) groups is 3. The fourth-order valence-electron chi connectivity index (χ4n) is 6.87. The molecule has 3 fully saturated rings. The topological polar surface area (TPSA) is 81.2 Å². The summed E-state index contributed by atoms with van der Waals surface area (Å²) < 4.78 is -1.17. The molecule has 38 heavy (non-hydrogen) atoms. The van der Waals surface area contributed by atoms with Crippen molar-refractivity contribution >= 4 is 29.5 Å².